The summed E-state index contributed by atoms with van der Waals surface area (Å²) in [4.78, 5) is 15.6. The monoisotopic (exact) mass is 390 g/mol. The van der Waals surface area contributed by atoms with Crippen LogP contribution < -0.4 is 5.32 Å². The predicted octanol–water partition coefficient (Wildman–Crippen LogP) is 4.79. The lowest BCUT2D eigenvalue weighted by molar-refractivity contribution is -0.144. The van der Waals surface area contributed by atoms with E-state index in [0.29, 0.717) is 5.69 Å². The Balaban J connectivity index is 2.01. The molecule has 0 amide bonds. The molecule has 0 aliphatic carbocycles. The maximum atomic E-state index is 13.1. The lowest BCUT2D eigenvalue weighted by Gasteiger charge is -2.18. The first-order valence-corrected chi connectivity index (χ1v) is 8.33. The Morgan fingerprint density at radius 3 is 2.75 bits per heavy atom. The second kappa shape index (κ2) is 7.05. The number of H-pyrrole nitrogens is 1. The number of halogens is 2. The van der Waals surface area contributed by atoms with Crippen LogP contribution in [0.5, 0.6) is 0 Å². The number of esters is 1. The Bertz CT molecular complexity index is 861. The predicted molar refractivity (Wildman–Crippen MR) is 95.4 cm³/mol. The van der Waals surface area contributed by atoms with E-state index < -0.39 is 6.04 Å². The van der Waals surface area contributed by atoms with Crippen molar-refractivity contribution in [3.05, 3.63) is 64.5 Å². The molecule has 124 valence electrons. The molecule has 4 nitrogen and oxygen atoms in total. The molecule has 3 rings (SSSR count). The van der Waals surface area contributed by atoms with Crippen LogP contribution in [0.1, 0.15) is 18.5 Å². The summed E-state index contributed by atoms with van der Waals surface area (Å²) in [6.45, 7) is 2.05. The van der Waals surface area contributed by atoms with Gasteiger partial charge in [0.1, 0.15) is 5.82 Å². The van der Waals surface area contributed by atoms with Crippen molar-refractivity contribution < 1.29 is 13.9 Å². The van der Waals surface area contributed by atoms with E-state index >= 15 is 0 Å². The van der Waals surface area contributed by atoms with Gasteiger partial charge in [-0.05, 0) is 49.4 Å². The number of benzene rings is 2. The van der Waals surface area contributed by atoms with E-state index in [2.05, 4.69) is 26.2 Å². The molecule has 24 heavy (non-hydrogen) atoms. The topological polar surface area (TPSA) is 54.1 Å². The van der Waals surface area contributed by atoms with Gasteiger partial charge in [0.25, 0.3) is 0 Å². The number of anilines is 1. The average Bonchev–Trinajstić information content (AvgIpc) is 2.97. The summed E-state index contributed by atoms with van der Waals surface area (Å²) in [6, 6.07) is 11.0. The third kappa shape index (κ3) is 3.43. The van der Waals surface area contributed by atoms with Crippen molar-refractivity contribution in [2.24, 2.45) is 0 Å². The average molecular weight is 391 g/mol. The van der Waals surface area contributed by atoms with E-state index in [4.69, 9.17) is 4.74 Å². The third-order valence-electron chi connectivity index (χ3n) is 3.66. The van der Waals surface area contributed by atoms with Crippen molar-refractivity contribution in [3.63, 3.8) is 0 Å². The summed E-state index contributed by atoms with van der Waals surface area (Å²) in [7, 11) is 0. The minimum Gasteiger partial charge on any atom is -0.464 e. The van der Waals surface area contributed by atoms with Gasteiger partial charge in [-0.1, -0.05) is 15.9 Å². The number of ether oxygens (including phenoxy) is 1. The highest BCUT2D eigenvalue weighted by Crippen LogP contribution is 2.30. The van der Waals surface area contributed by atoms with E-state index in [9.17, 15) is 9.18 Å². The molecule has 0 radical (unpaired) electrons. The minimum absolute atomic E-state index is 0.284. The SMILES string of the molecule is CCOC(=O)C(Nc1ccc(F)cc1)c1c[nH]c2ccc(Br)cc12. The fourth-order valence-corrected chi connectivity index (χ4v) is 2.92. The zero-order valence-electron chi connectivity index (χ0n) is 13.0. The molecule has 3 aromatic rings. The van der Waals surface area contributed by atoms with Crippen molar-refractivity contribution in [2.75, 3.05) is 11.9 Å². The molecular formula is C18H16BrFN2O2. The molecule has 0 bridgehead atoms. The minimum atomic E-state index is -0.696. The number of carbonyl (C=O) groups excluding carboxylic acids is 1. The lowest BCUT2D eigenvalue weighted by Crippen LogP contribution is -2.23. The van der Waals surface area contributed by atoms with Gasteiger partial charge in [0.15, 0.2) is 6.04 Å². The largest absolute Gasteiger partial charge is 0.464 e. The van der Waals surface area contributed by atoms with Gasteiger partial charge in [-0.3, -0.25) is 0 Å². The van der Waals surface area contributed by atoms with Crippen LogP contribution in [0.3, 0.4) is 0 Å². The van der Waals surface area contributed by atoms with Gasteiger partial charge < -0.3 is 15.0 Å². The third-order valence-corrected chi connectivity index (χ3v) is 4.16. The molecule has 6 heteroatoms. The van der Waals surface area contributed by atoms with E-state index in [-0.39, 0.29) is 18.4 Å². The molecule has 1 aromatic heterocycles. The standard InChI is InChI=1S/C18H16BrFN2O2/c1-2-24-18(23)17(22-13-6-4-12(20)5-7-13)15-10-21-16-8-3-11(19)9-14(15)16/h3-10,17,21-22H,2H2,1H3. The smallest absolute Gasteiger partial charge is 0.333 e. The van der Waals surface area contributed by atoms with E-state index in [1.54, 1.807) is 25.3 Å². The first-order chi connectivity index (χ1) is 11.6. The molecule has 2 N–H and O–H groups in total. The first kappa shape index (κ1) is 16.5. The Labute approximate surface area is 147 Å². The zero-order valence-corrected chi connectivity index (χ0v) is 14.6. The van der Waals surface area contributed by atoms with Gasteiger partial charge in [-0.2, -0.15) is 0 Å². The Morgan fingerprint density at radius 2 is 2.04 bits per heavy atom. The van der Waals surface area contributed by atoms with E-state index in [1.165, 1.54) is 12.1 Å². The highest BCUT2D eigenvalue weighted by Gasteiger charge is 2.25. The van der Waals surface area contributed by atoms with Crippen LogP contribution in [-0.4, -0.2) is 17.6 Å². The van der Waals surface area contributed by atoms with Crippen molar-refractivity contribution in [3.8, 4) is 0 Å². The van der Waals surface area contributed by atoms with Crippen LogP contribution in [0, 0.1) is 5.82 Å². The number of hydrogen-bond acceptors (Lipinski definition) is 3. The van der Waals surface area contributed by atoms with Gasteiger partial charge in [0.05, 0.1) is 6.61 Å². The summed E-state index contributed by atoms with van der Waals surface area (Å²) in [5.41, 5.74) is 2.33. The second-order valence-electron chi connectivity index (χ2n) is 5.27. The van der Waals surface area contributed by atoms with Crippen molar-refractivity contribution in [1.82, 2.24) is 4.98 Å². The van der Waals surface area contributed by atoms with Crippen LogP contribution in [0.2, 0.25) is 0 Å². The fraction of sp³-hybridized carbons (Fsp3) is 0.167. The fourth-order valence-electron chi connectivity index (χ4n) is 2.56. The highest BCUT2D eigenvalue weighted by atomic mass is 79.9. The molecule has 0 aliphatic heterocycles. The normalized spacial score (nSPS) is 12.1. The molecule has 1 atom stereocenters. The molecule has 1 unspecified atom stereocenters. The van der Waals surface area contributed by atoms with Crippen molar-refractivity contribution in [2.45, 2.75) is 13.0 Å². The Morgan fingerprint density at radius 1 is 1.29 bits per heavy atom. The van der Waals surface area contributed by atoms with Crippen LogP contribution in [-0.2, 0) is 9.53 Å². The zero-order chi connectivity index (χ0) is 17.1. The molecule has 0 saturated carbocycles. The Kier molecular flexibility index (Phi) is 4.85. The highest BCUT2D eigenvalue weighted by molar-refractivity contribution is 9.10. The molecule has 0 aliphatic rings. The van der Waals surface area contributed by atoms with Crippen molar-refractivity contribution >= 4 is 38.5 Å². The summed E-state index contributed by atoms with van der Waals surface area (Å²) in [5.74, 6) is -0.716. The molecular weight excluding hydrogens is 375 g/mol. The van der Waals surface area contributed by atoms with Gasteiger partial charge in [-0.25, -0.2) is 9.18 Å². The summed E-state index contributed by atoms with van der Waals surface area (Å²) < 4.78 is 19.2. The molecule has 0 saturated heterocycles. The van der Waals surface area contributed by atoms with Crippen LogP contribution in [0.4, 0.5) is 10.1 Å². The lowest BCUT2D eigenvalue weighted by atomic mass is 10.1. The second-order valence-corrected chi connectivity index (χ2v) is 6.19. The summed E-state index contributed by atoms with van der Waals surface area (Å²) in [6.07, 6.45) is 1.79. The summed E-state index contributed by atoms with van der Waals surface area (Å²) >= 11 is 3.45. The van der Waals surface area contributed by atoms with E-state index in [1.807, 2.05) is 18.2 Å². The summed E-state index contributed by atoms with van der Waals surface area (Å²) in [5, 5.41) is 4.04. The van der Waals surface area contributed by atoms with Gasteiger partial charge in [0, 0.05) is 32.8 Å². The van der Waals surface area contributed by atoms with Gasteiger partial charge in [0.2, 0.25) is 0 Å². The van der Waals surface area contributed by atoms with Gasteiger partial charge >= 0.3 is 5.97 Å². The van der Waals surface area contributed by atoms with Gasteiger partial charge in [-0.15, -0.1) is 0 Å². The molecule has 2 aromatic carbocycles. The van der Waals surface area contributed by atoms with Crippen LogP contribution in [0.25, 0.3) is 10.9 Å². The van der Waals surface area contributed by atoms with Crippen molar-refractivity contribution in [1.29, 1.82) is 0 Å². The maximum absolute atomic E-state index is 13.1. The number of aromatic amines is 1. The number of carbonyl (C=O) groups is 1. The number of rotatable bonds is 5. The van der Waals surface area contributed by atoms with Crippen LogP contribution in [0.15, 0.2) is 53.1 Å². The molecule has 1 heterocycles. The first-order valence-electron chi connectivity index (χ1n) is 7.53. The number of fused-ring (bicyclic) bond motifs is 1. The van der Waals surface area contributed by atoms with Crippen LogP contribution >= 0.6 is 15.9 Å². The molecule has 0 spiro atoms. The Hall–Kier alpha value is -2.34. The molecule has 0 fully saturated rings. The number of hydrogen-bond donors (Lipinski definition) is 2. The maximum Gasteiger partial charge on any atom is 0.333 e. The quantitative estimate of drug-likeness (QED) is 0.616. The van der Waals surface area contributed by atoms with E-state index in [0.717, 1.165) is 20.9 Å². The number of aromatic nitrogens is 1. The number of nitrogens with one attached hydrogen (secondary N) is 2.